The molecule has 2 aliphatic heterocycles. The van der Waals surface area contributed by atoms with E-state index in [9.17, 15) is 14.4 Å². The summed E-state index contributed by atoms with van der Waals surface area (Å²) in [5, 5.41) is 6.16. The van der Waals surface area contributed by atoms with Gasteiger partial charge in [0, 0.05) is 44.0 Å². The first-order valence-electron chi connectivity index (χ1n) is 11.1. The van der Waals surface area contributed by atoms with E-state index >= 15 is 0 Å². The minimum atomic E-state index is -0.424. The molecule has 2 heterocycles. The normalized spacial score (nSPS) is 18.7. The molecule has 174 valence electrons. The van der Waals surface area contributed by atoms with Crippen LogP contribution in [-0.2, 0) is 14.3 Å². The lowest BCUT2D eigenvalue weighted by atomic mass is 10.1. The molecule has 0 saturated carbocycles. The zero-order valence-electron chi connectivity index (χ0n) is 18.3. The molecule has 1 atom stereocenters. The largest absolute Gasteiger partial charge is 0.368 e. The van der Waals surface area contributed by atoms with Crippen LogP contribution in [0, 0.1) is 0 Å². The predicted molar refractivity (Wildman–Crippen MR) is 126 cm³/mol. The van der Waals surface area contributed by atoms with Crippen LogP contribution in [0.1, 0.15) is 23.2 Å². The summed E-state index contributed by atoms with van der Waals surface area (Å²) in [4.78, 5) is 41.4. The predicted octanol–water partition coefficient (Wildman–Crippen LogP) is 2.85. The fourth-order valence-corrected chi connectivity index (χ4v) is 4.17. The molecule has 2 aliphatic rings. The number of hydrogen-bond donors (Lipinski definition) is 2. The van der Waals surface area contributed by atoms with E-state index in [1.807, 2.05) is 17.0 Å². The van der Waals surface area contributed by atoms with Gasteiger partial charge in [-0.3, -0.25) is 19.3 Å². The second-order valence-corrected chi connectivity index (χ2v) is 8.58. The SMILES string of the molecule is O=C(CN1CCN(C(=O)c2cccc(NC(=O)C3CCCO3)c2)CC1)Nc1ccccc1Cl. The van der Waals surface area contributed by atoms with E-state index in [-0.39, 0.29) is 24.3 Å². The Labute approximate surface area is 197 Å². The Morgan fingerprint density at radius 2 is 1.79 bits per heavy atom. The second-order valence-electron chi connectivity index (χ2n) is 8.17. The Morgan fingerprint density at radius 3 is 2.52 bits per heavy atom. The van der Waals surface area contributed by atoms with Crippen molar-refractivity contribution in [2.75, 3.05) is 50.0 Å². The van der Waals surface area contributed by atoms with Gasteiger partial charge in [0.1, 0.15) is 6.10 Å². The number of ether oxygens (including phenoxy) is 1. The zero-order chi connectivity index (χ0) is 23.2. The van der Waals surface area contributed by atoms with E-state index in [1.165, 1.54) is 0 Å². The summed E-state index contributed by atoms with van der Waals surface area (Å²) in [6.45, 7) is 3.06. The molecule has 2 saturated heterocycles. The lowest BCUT2D eigenvalue weighted by molar-refractivity contribution is -0.124. The Balaban J connectivity index is 1.27. The van der Waals surface area contributed by atoms with Crippen LogP contribution < -0.4 is 10.6 Å². The maximum absolute atomic E-state index is 13.0. The Bertz CT molecular complexity index is 1020. The van der Waals surface area contributed by atoms with Crippen LogP contribution >= 0.6 is 11.6 Å². The van der Waals surface area contributed by atoms with Gasteiger partial charge in [0.25, 0.3) is 11.8 Å². The summed E-state index contributed by atoms with van der Waals surface area (Å²) in [5.74, 6) is -0.415. The van der Waals surface area contributed by atoms with Gasteiger partial charge in [-0.1, -0.05) is 29.8 Å². The lowest BCUT2D eigenvalue weighted by Crippen LogP contribution is -2.50. The average Bonchev–Trinajstić information content (AvgIpc) is 3.36. The number of carbonyl (C=O) groups excluding carboxylic acids is 3. The number of hydrogen-bond acceptors (Lipinski definition) is 5. The number of halogens is 1. The molecule has 9 heteroatoms. The van der Waals surface area contributed by atoms with E-state index in [2.05, 4.69) is 10.6 Å². The van der Waals surface area contributed by atoms with E-state index in [0.717, 1.165) is 6.42 Å². The van der Waals surface area contributed by atoms with E-state index < -0.39 is 6.10 Å². The lowest BCUT2D eigenvalue weighted by Gasteiger charge is -2.34. The smallest absolute Gasteiger partial charge is 0.254 e. The highest BCUT2D eigenvalue weighted by Crippen LogP contribution is 2.21. The molecule has 2 aromatic carbocycles. The fraction of sp³-hybridized carbons (Fsp3) is 0.375. The van der Waals surface area contributed by atoms with Crippen molar-refractivity contribution in [3.8, 4) is 0 Å². The third-order valence-electron chi connectivity index (χ3n) is 5.77. The third kappa shape index (κ3) is 6.10. The first-order valence-corrected chi connectivity index (χ1v) is 11.5. The molecule has 33 heavy (non-hydrogen) atoms. The number of amides is 3. The summed E-state index contributed by atoms with van der Waals surface area (Å²) in [6, 6.07) is 14.1. The summed E-state index contributed by atoms with van der Waals surface area (Å²) in [6.07, 6.45) is 1.17. The number of carbonyl (C=O) groups is 3. The number of nitrogens with zero attached hydrogens (tertiary/aromatic N) is 2. The summed E-state index contributed by atoms with van der Waals surface area (Å²) in [7, 11) is 0. The molecular weight excluding hydrogens is 444 g/mol. The number of rotatable bonds is 6. The van der Waals surface area contributed by atoms with Gasteiger partial charge >= 0.3 is 0 Å². The maximum atomic E-state index is 13.0. The molecule has 3 amide bonds. The van der Waals surface area contributed by atoms with Gasteiger partial charge < -0.3 is 20.3 Å². The van der Waals surface area contributed by atoms with Gasteiger partial charge in [-0.15, -0.1) is 0 Å². The van der Waals surface area contributed by atoms with Gasteiger partial charge in [0.2, 0.25) is 5.91 Å². The van der Waals surface area contributed by atoms with Crippen molar-refractivity contribution in [1.29, 1.82) is 0 Å². The Kier molecular flexibility index (Phi) is 7.59. The molecule has 2 N–H and O–H groups in total. The van der Waals surface area contributed by atoms with E-state index in [1.54, 1.807) is 41.3 Å². The molecule has 1 unspecified atom stereocenters. The molecule has 0 bridgehead atoms. The van der Waals surface area contributed by atoms with Crippen molar-refractivity contribution in [3.63, 3.8) is 0 Å². The molecule has 2 fully saturated rings. The van der Waals surface area contributed by atoms with Crippen LogP contribution in [0.2, 0.25) is 5.02 Å². The molecule has 2 aromatic rings. The number of piperazine rings is 1. The quantitative estimate of drug-likeness (QED) is 0.677. The first-order chi connectivity index (χ1) is 16.0. The number of anilines is 2. The van der Waals surface area contributed by atoms with Crippen molar-refractivity contribution in [1.82, 2.24) is 9.80 Å². The molecule has 0 radical (unpaired) electrons. The minimum Gasteiger partial charge on any atom is -0.368 e. The molecule has 0 aromatic heterocycles. The summed E-state index contributed by atoms with van der Waals surface area (Å²) >= 11 is 6.09. The van der Waals surface area contributed by atoms with Crippen molar-refractivity contribution in [2.45, 2.75) is 18.9 Å². The van der Waals surface area contributed by atoms with Crippen LogP contribution in [0.5, 0.6) is 0 Å². The summed E-state index contributed by atoms with van der Waals surface area (Å²) < 4.78 is 5.41. The highest BCUT2D eigenvalue weighted by atomic mass is 35.5. The minimum absolute atomic E-state index is 0.0941. The maximum Gasteiger partial charge on any atom is 0.254 e. The molecular formula is C24H27ClN4O4. The molecule has 4 rings (SSSR count). The molecule has 0 spiro atoms. The first kappa shape index (κ1) is 23.2. The summed E-state index contributed by atoms with van der Waals surface area (Å²) in [5.41, 5.74) is 1.69. The van der Waals surface area contributed by atoms with E-state index in [0.29, 0.717) is 61.2 Å². The van der Waals surface area contributed by atoms with Crippen molar-refractivity contribution >= 4 is 40.7 Å². The number of para-hydroxylation sites is 1. The second kappa shape index (κ2) is 10.8. The van der Waals surface area contributed by atoms with Crippen LogP contribution in [0.25, 0.3) is 0 Å². The van der Waals surface area contributed by atoms with Gasteiger partial charge in [0.05, 0.1) is 17.3 Å². The monoisotopic (exact) mass is 470 g/mol. The van der Waals surface area contributed by atoms with Crippen molar-refractivity contribution < 1.29 is 19.1 Å². The Hall–Kier alpha value is -2.94. The number of benzene rings is 2. The van der Waals surface area contributed by atoms with Gasteiger partial charge in [0.15, 0.2) is 0 Å². The number of nitrogens with one attached hydrogen (secondary N) is 2. The van der Waals surface area contributed by atoms with Crippen molar-refractivity contribution in [2.24, 2.45) is 0 Å². The zero-order valence-corrected chi connectivity index (χ0v) is 19.0. The van der Waals surface area contributed by atoms with Crippen LogP contribution in [0.3, 0.4) is 0 Å². The van der Waals surface area contributed by atoms with Gasteiger partial charge in [-0.2, -0.15) is 0 Å². The van der Waals surface area contributed by atoms with E-state index in [4.69, 9.17) is 16.3 Å². The van der Waals surface area contributed by atoms with Gasteiger partial charge in [-0.05, 0) is 43.2 Å². The third-order valence-corrected chi connectivity index (χ3v) is 6.10. The van der Waals surface area contributed by atoms with Gasteiger partial charge in [-0.25, -0.2) is 0 Å². The fourth-order valence-electron chi connectivity index (χ4n) is 3.98. The molecule has 0 aliphatic carbocycles. The highest BCUT2D eigenvalue weighted by Gasteiger charge is 2.25. The van der Waals surface area contributed by atoms with Crippen LogP contribution in [-0.4, -0.2) is 73.0 Å². The standard InChI is InChI=1S/C24H27ClN4O4/c25-19-7-1-2-8-20(19)27-22(30)16-28-10-12-29(13-11-28)24(32)17-5-3-6-18(15-17)26-23(31)21-9-4-14-33-21/h1-3,5-8,15,21H,4,9-14,16H2,(H,26,31)(H,27,30). The topological polar surface area (TPSA) is 91.0 Å². The molecule has 8 nitrogen and oxygen atoms in total. The highest BCUT2D eigenvalue weighted by molar-refractivity contribution is 6.33. The average molecular weight is 471 g/mol. The van der Waals surface area contributed by atoms with Crippen LogP contribution in [0.4, 0.5) is 11.4 Å². The van der Waals surface area contributed by atoms with Crippen molar-refractivity contribution in [3.05, 3.63) is 59.1 Å². The van der Waals surface area contributed by atoms with Crippen LogP contribution in [0.15, 0.2) is 48.5 Å². The Morgan fingerprint density at radius 1 is 1.00 bits per heavy atom.